The minimum atomic E-state index is -1.28. The molecule has 0 bridgehead atoms. The maximum absolute atomic E-state index is 13.8. The lowest BCUT2D eigenvalue weighted by molar-refractivity contribution is 0.260. The van der Waals surface area contributed by atoms with E-state index in [1.54, 1.807) is 18.2 Å². The number of anilines is 2. The van der Waals surface area contributed by atoms with Crippen LogP contribution in [0.2, 0.25) is 5.02 Å². The third-order valence-corrected chi connectivity index (χ3v) is 6.88. The van der Waals surface area contributed by atoms with Crippen LogP contribution in [0.25, 0.3) is 10.9 Å². The molecule has 3 aromatic rings. The smallest absolute Gasteiger partial charge is 0.123 e. The van der Waals surface area contributed by atoms with Crippen molar-refractivity contribution in [3.63, 3.8) is 0 Å². The molecule has 2 unspecified atom stereocenters. The van der Waals surface area contributed by atoms with Gasteiger partial charge in [0.1, 0.15) is 19.7 Å². The summed E-state index contributed by atoms with van der Waals surface area (Å²) in [4.78, 5) is 4.40. The number of nitriles is 1. The van der Waals surface area contributed by atoms with Crippen LogP contribution in [-0.2, 0) is 5.44 Å². The number of pyridine rings is 1. The summed E-state index contributed by atoms with van der Waals surface area (Å²) in [5, 5.41) is 28.8. The van der Waals surface area contributed by atoms with Gasteiger partial charge in [-0.05, 0) is 56.0 Å². The first-order valence-corrected chi connectivity index (χ1v) is 12.5. The fourth-order valence-electron chi connectivity index (χ4n) is 4.40. The number of hydrazine groups is 2. The molecule has 1 saturated carbocycles. The number of hydrogen-bond acceptors (Lipinski definition) is 8. The molecule has 1 aromatic heterocycles. The van der Waals surface area contributed by atoms with Crippen molar-refractivity contribution >= 4 is 41.7 Å². The Balaban J connectivity index is 1.60. The monoisotopic (exact) mass is 517 g/mol. The van der Waals surface area contributed by atoms with Crippen molar-refractivity contribution in [1.29, 1.82) is 5.26 Å². The number of aliphatic hydroxyl groups is 1. The second kappa shape index (κ2) is 10.1. The molecule has 2 aliphatic rings. The zero-order valence-electron chi connectivity index (χ0n) is 20.2. The van der Waals surface area contributed by atoms with Gasteiger partial charge in [-0.1, -0.05) is 23.7 Å². The first kappa shape index (κ1) is 25.1. The number of benzene rings is 2. The van der Waals surface area contributed by atoms with Crippen LogP contribution in [0.4, 0.5) is 15.8 Å². The molecule has 5 N–H and O–H groups in total. The lowest BCUT2D eigenvalue weighted by Crippen LogP contribution is -2.45. The number of fused-ring (bicyclic) bond motifs is 1. The van der Waals surface area contributed by atoms with Crippen LogP contribution in [0.3, 0.4) is 0 Å². The lowest BCUT2D eigenvalue weighted by atomic mass is 9.69. The first-order valence-electron chi connectivity index (χ1n) is 12.1. The van der Waals surface area contributed by atoms with Crippen LogP contribution >= 0.6 is 11.6 Å². The van der Waals surface area contributed by atoms with E-state index < -0.39 is 5.44 Å². The molecule has 2 radical (unpaired) electrons. The van der Waals surface area contributed by atoms with Gasteiger partial charge in [0.2, 0.25) is 0 Å². The average molecular weight is 518 g/mol. The van der Waals surface area contributed by atoms with Crippen molar-refractivity contribution in [3.05, 3.63) is 76.5 Å². The molecule has 11 heteroatoms. The van der Waals surface area contributed by atoms with Crippen molar-refractivity contribution in [2.24, 2.45) is 0 Å². The van der Waals surface area contributed by atoms with Gasteiger partial charge in [0.05, 0.1) is 32.9 Å². The second-order valence-electron chi connectivity index (χ2n) is 9.43. The maximum atomic E-state index is 13.8. The highest BCUT2D eigenvalue weighted by molar-refractivity contribution is 6.36. The van der Waals surface area contributed by atoms with Gasteiger partial charge >= 0.3 is 0 Å². The van der Waals surface area contributed by atoms with Gasteiger partial charge < -0.3 is 21.2 Å². The summed E-state index contributed by atoms with van der Waals surface area (Å²) in [5.41, 5.74) is 8.30. The Labute approximate surface area is 220 Å². The lowest BCUT2D eigenvalue weighted by Gasteiger charge is -2.34. The first-order chi connectivity index (χ1) is 17.8. The number of hydrogen-bond donors (Lipinski definition) is 5. The van der Waals surface area contributed by atoms with E-state index in [9.17, 15) is 14.8 Å². The van der Waals surface area contributed by atoms with E-state index >= 15 is 0 Å². The summed E-state index contributed by atoms with van der Waals surface area (Å²) in [6.45, 7) is 1.93. The van der Waals surface area contributed by atoms with Gasteiger partial charge in [-0.15, -0.1) is 5.53 Å². The van der Waals surface area contributed by atoms with Gasteiger partial charge in [0, 0.05) is 42.2 Å². The Morgan fingerprint density at radius 3 is 2.78 bits per heavy atom. The Kier molecular flexibility index (Phi) is 6.86. The minimum Gasteiger partial charge on any atom is -0.396 e. The summed E-state index contributed by atoms with van der Waals surface area (Å²) >= 11 is 6.66. The Bertz CT molecular complexity index is 1390. The predicted molar refractivity (Wildman–Crippen MR) is 143 cm³/mol. The molecule has 0 saturated heterocycles. The molecule has 2 aromatic carbocycles. The van der Waals surface area contributed by atoms with Gasteiger partial charge in [-0.2, -0.15) is 5.26 Å². The minimum absolute atomic E-state index is 0.00795. The number of aliphatic hydroxyl groups excluding tert-OH is 1. The quantitative estimate of drug-likeness (QED) is 0.273. The topological polar surface area (TPSA) is 108 Å². The largest absolute Gasteiger partial charge is 0.396 e. The summed E-state index contributed by atoms with van der Waals surface area (Å²) in [5.74, 6) is -0.367. The Morgan fingerprint density at radius 1 is 1.35 bits per heavy atom. The van der Waals surface area contributed by atoms with Gasteiger partial charge in [0.25, 0.3) is 0 Å². The van der Waals surface area contributed by atoms with E-state index in [1.165, 1.54) is 18.3 Å². The molecular weight excluding hydrogens is 492 g/mol. The zero-order chi connectivity index (χ0) is 26.2. The average Bonchev–Trinajstić information content (AvgIpc) is 3.60. The predicted octanol–water partition coefficient (Wildman–Crippen LogP) is 3.84. The van der Waals surface area contributed by atoms with Crippen molar-refractivity contribution in [3.8, 4) is 6.07 Å². The van der Waals surface area contributed by atoms with E-state index in [0.717, 1.165) is 12.8 Å². The van der Waals surface area contributed by atoms with Crippen molar-refractivity contribution in [2.45, 2.75) is 43.7 Å². The summed E-state index contributed by atoms with van der Waals surface area (Å²) < 4.78 is 13.8. The number of aromatic nitrogens is 1. The van der Waals surface area contributed by atoms with Crippen molar-refractivity contribution < 1.29 is 9.50 Å². The normalized spacial score (nSPS) is 17.5. The number of rotatable bonds is 9. The number of nitrogens with one attached hydrogen (secondary N) is 4. The molecule has 2 atom stereocenters. The fraction of sp³-hybridized carbons (Fsp3) is 0.308. The SMILES string of the molecule is [B]C(Nc1cc(Cl)c2ncc(C#N)c(NC(C)CCO)c2c1)(C1=CN(C2CC2)NN1)c1ccc(F)cc1. The summed E-state index contributed by atoms with van der Waals surface area (Å²) in [6.07, 6.45) is 6.06. The summed E-state index contributed by atoms with van der Waals surface area (Å²) in [7, 11) is 7.01. The molecule has 2 heterocycles. The van der Waals surface area contributed by atoms with Gasteiger partial charge in [-0.3, -0.25) is 9.99 Å². The molecule has 1 aliphatic carbocycles. The molecule has 188 valence electrons. The third kappa shape index (κ3) is 5.03. The Hall–Kier alpha value is -3.52. The number of nitrogens with zero attached hydrogens (tertiary/aromatic N) is 3. The summed E-state index contributed by atoms with van der Waals surface area (Å²) in [6, 6.07) is 12.0. The molecule has 0 spiro atoms. The molecule has 5 rings (SSSR count). The standard InChI is InChI=1S/C26H26BClFN7O/c1-15(8-9-37)32-24-16(12-30)13-31-25-21(24)10-19(11-22(25)28)33-26(27,17-2-4-18(29)5-3-17)23-14-36(35-34-23)20-6-7-20/h2-5,10-11,13-15,20,33-35,37H,6-9H2,1H3,(H,31,32). The van der Waals surface area contributed by atoms with Crippen LogP contribution in [-0.4, -0.2) is 41.6 Å². The molecule has 8 nitrogen and oxygen atoms in total. The van der Waals surface area contributed by atoms with E-state index in [2.05, 4.69) is 32.6 Å². The van der Waals surface area contributed by atoms with Crippen molar-refractivity contribution in [1.82, 2.24) is 21.0 Å². The van der Waals surface area contributed by atoms with Crippen LogP contribution < -0.4 is 21.6 Å². The van der Waals surface area contributed by atoms with Crippen molar-refractivity contribution in [2.75, 3.05) is 17.2 Å². The molecule has 37 heavy (non-hydrogen) atoms. The molecule has 0 amide bonds. The highest BCUT2D eigenvalue weighted by Gasteiger charge is 2.37. The van der Waals surface area contributed by atoms with Crippen LogP contribution in [0.1, 0.15) is 37.3 Å². The molecule has 1 aliphatic heterocycles. The maximum Gasteiger partial charge on any atom is 0.123 e. The van der Waals surface area contributed by atoms with E-state index in [4.69, 9.17) is 19.4 Å². The van der Waals surface area contributed by atoms with E-state index in [-0.39, 0.29) is 18.5 Å². The second-order valence-corrected chi connectivity index (χ2v) is 9.84. The van der Waals surface area contributed by atoms with Crippen LogP contribution in [0.5, 0.6) is 0 Å². The van der Waals surface area contributed by atoms with E-state index in [0.29, 0.717) is 56.6 Å². The molecular formula is C26H26BClFN7O. The van der Waals surface area contributed by atoms with Gasteiger partial charge in [0.15, 0.2) is 0 Å². The Morgan fingerprint density at radius 2 is 2.11 bits per heavy atom. The van der Waals surface area contributed by atoms with E-state index in [1.807, 2.05) is 24.2 Å². The fourth-order valence-corrected chi connectivity index (χ4v) is 4.67. The van der Waals surface area contributed by atoms with Gasteiger partial charge in [-0.25, -0.2) is 4.39 Å². The number of halogens is 2. The zero-order valence-corrected chi connectivity index (χ0v) is 21.0. The highest BCUT2D eigenvalue weighted by Crippen LogP contribution is 2.38. The highest BCUT2D eigenvalue weighted by atomic mass is 35.5. The van der Waals surface area contributed by atoms with Crippen LogP contribution in [0.15, 0.2) is 54.5 Å². The van der Waals surface area contributed by atoms with Crippen LogP contribution in [0, 0.1) is 17.1 Å². The molecule has 1 fully saturated rings. The third-order valence-electron chi connectivity index (χ3n) is 6.59.